The molecule has 1 aromatic carbocycles. The third-order valence-corrected chi connectivity index (χ3v) is 8.33. The van der Waals surface area contributed by atoms with E-state index >= 15 is 0 Å². The quantitative estimate of drug-likeness (QED) is 0.730. The van der Waals surface area contributed by atoms with Crippen molar-refractivity contribution in [3.63, 3.8) is 0 Å². The Bertz CT molecular complexity index is 906. The number of carbonyl (C=O) groups is 2. The lowest BCUT2D eigenvalue weighted by atomic mass is 9.70. The third-order valence-electron chi connectivity index (χ3n) is 7.26. The van der Waals surface area contributed by atoms with Crippen molar-refractivity contribution in [1.82, 2.24) is 5.32 Å². The summed E-state index contributed by atoms with van der Waals surface area (Å²) in [6.07, 6.45) is 3.49. The van der Waals surface area contributed by atoms with E-state index in [0.717, 1.165) is 29.8 Å². The number of amides is 2. The second-order valence-electron chi connectivity index (χ2n) is 9.16. The molecule has 2 N–H and O–H groups in total. The Balaban J connectivity index is 1.38. The van der Waals surface area contributed by atoms with Gasteiger partial charge in [0, 0.05) is 23.2 Å². The summed E-state index contributed by atoms with van der Waals surface area (Å²) in [5.74, 6) is 0.291. The number of carbonyl (C=O) groups excluding carboxylic acids is 2. The molecule has 2 amide bonds. The number of aryl methyl sites for hydroxylation is 1. The Kier molecular flexibility index (Phi) is 5.05. The summed E-state index contributed by atoms with van der Waals surface area (Å²) in [6.45, 7) is 8.94. The van der Waals surface area contributed by atoms with E-state index in [1.807, 2.05) is 31.2 Å². The van der Waals surface area contributed by atoms with Gasteiger partial charge >= 0.3 is 0 Å². The summed E-state index contributed by atoms with van der Waals surface area (Å²) in [4.78, 5) is 24.6. The highest BCUT2D eigenvalue weighted by Crippen LogP contribution is 2.64. The van der Waals surface area contributed by atoms with Crippen LogP contribution in [0.1, 0.15) is 52.0 Å². The van der Waals surface area contributed by atoms with Gasteiger partial charge in [0.05, 0.1) is 0 Å². The summed E-state index contributed by atoms with van der Waals surface area (Å²) >= 11 is 1.28. The second-order valence-corrected chi connectivity index (χ2v) is 10.4. The Morgan fingerprint density at radius 3 is 2.59 bits per heavy atom. The van der Waals surface area contributed by atoms with Crippen LogP contribution in [-0.4, -0.2) is 27.9 Å². The first kappa shape index (κ1) is 20.1. The van der Waals surface area contributed by atoms with Crippen molar-refractivity contribution in [3.8, 4) is 0 Å². The number of benzene rings is 1. The van der Waals surface area contributed by atoms with Gasteiger partial charge < -0.3 is 10.6 Å². The van der Waals surface area contributed by atoms with Gasteiger partial charge in [0.15, 0.2) is 5.17 Å². The number of hydrogen-bond acceptors (Lipinski definition) is 5. The number of nitrogens with one attached hydrogen (secondary N) is 2. The van der Waals surface area contributed by atoms with Gasteiger partial charge in [-0.05, 0) is 49.7 Å². The standard InChI is InChI=1S/C22H28N4O2S/c1-13-5-7-15(8-6-13)23-18(27)12-16-19(28)24-20(29-16)26-25-17-11-14-9-10-22(17,4)21(14,2)3/h5-8,14,16H,9-12H2,1-4H3,(H,23,27)(H,24,26,28)/b25-17-/t14-,16-,22+/m1/s1. The van der Waals surface area contributed by atoms with Crippen molar-refractivity contribution in [2.24, 2.45) is 27.0 Å². The fraction of sp³-hybridized carbons (Fsp3) is 0.545. The van der Waals surface area contributed by atoms with Crippen LogP contribution in [0.5, 0.6) is 0 Å². The maximum Gasteiger partial charge on any atom is 0.240 e. The fourth-order valence-electron chi connectivity index (χ4n) is 4.79. The molecule has 3 atom stereocenters. The smallest absolute Gasteiger partial charge is 0.240 e. The van der Waals surface area contributed by atoms with E-state index in [1.54, 1.807) is 0 Å². The highest BCUT2D eigenvalue weighted by Gasteiger charge is 2.60. The zero-order valence-electron chi connectivity index (χ0n) is 17.4. The molecule has 6 nitrogen and oxygen atoms in total. The number of thioether (sulfide) groups is 1. The van der Waals surface area contributed by atoms with Crippen molar-refractivity contribution >= 4 is 40.1 Å². The van der Waals surface area contributed by atoms with Gasteiger partial charge in [0.1, 0.15) is 5.25 Å². The van der Waals surface area contributed by atoms with Gasteiger partial charge in [-0.1, -0.05) is 50.2 Å². The predicted molar refractivity (Wildman–Crippen MR) is 118 cm³/mol. The fourth-order valence-corrected chi connectivity index (χ4v) is 5.71. The molecule has 154 valence electrons. The summed E-state index contributed by atoms with van der Waals surface area (Å²) in [5, 5.41) is 14.5. The van der Waals surface area contributed by atoms with Crippen LogP contribution in [0.2, 0.25) is 0 Å². The minimum absolute atomic E-state index is 0.0856. The van der Waals surface area contributed by atoms with E-state index in [9.17, 15) is 9.59 Å². The molecular formula is C22H28N4O2S. The summed E-state index contributed by atoms with van der Waals surface area (Å²) < 4.78 is 0. The van der Waals surface area contributed by atoms with Crippen LogP contribution in [0.15, 0.2) is 34.5 Å². The van der Waals surface area contributed by atoms with Crippen molar-refractivity contribution < 1.29 is 9.59 Å². The van der Waals surface area contributed by atoms with Gasteiger partial charge in [-0.3, -0.25) is 9.59 Å². The van der Waals surface area contributed by atoms with E-state index in [0.29, 0.717) is 11.1 Å². The molecule has 0 aromatic heterocycles. The Morgan fingerprint density at radius 1 is 1.24 bits per heavy atom. The lowest BCUT2D eigenvalue weighted by Crippen LogP contribution is -2.32. The second kappa shape index (κ2) is 7.27. The number of hydrogen-bond donors (Lipinski definition) is 2. The third kappa shape index (κ3) is 3.61. The molecule has 0 radical (unpaired) electrons. The van der Waals surface area contributed by atoms with Crippen LogP contribution < -0.4 is 10.6 Å². The van der Waals surface area contributed by atoms with E-state index in [1.165, 1.54) is 18.2 Å². The number of fused-ring (bicyclic) bond motifs is 2. The molecule has 1 saturated heterocycles. The highest BCUT2D eigenvalue weighted by molar-refractivity contribution is 8.15. The largest absolute Gasteiger partial charge is 0.326 e. The lowest BCUT2D eigenvalue weighted by molar-refractivity contribution is -0.122. The van der Waals surface area contributed by atoms with Crippen molar-refractivity contribution in [1.29, 1.82) is 0 Å². The van der Waals surface area contributed by atoms with Crippen LogP contribution in [0.25, 0.3) is 0 Å². The SMILES string of the molecule is Cc1ccc(NC(=O)C[C@H]2S/C(=N\N=C3\C[C@H]4CC[C@]3(C)C4(C)C)NC2=O)cc1. The minimum Gasteiger partial charge on any atom is -0.326 e. The first-order valence-corrected chi connectivity index (χ1v) is 11.1. The van der Waals surface area contributed by atoms with Gasteiger partial charge in [0.2, 0.25) is 11.8 Å². The number of nitrogens with zero attached hydrogens (tertiary/aromatic N) is 2. The van der Waals surface area contributed by atoms with Crippen molar-refractivity contribution in [2.75, 3.05) is 5.32 Å². The zero-order chi connectivity index (χ0) is 20.8. The van der Waals surface area contributed by atoms with Gasteiger partial charge in [-0.25, -0.2) is 0 Å². The normalized spacial score (nSPS) is 32.8. The van der Waals surface area contributed by atoms with Crippen LogP contribution >= 0.6 is 11.8 Å². The van der Waals surface area contributed by atoms with Crippen LogP contribution in [-0.2, 0) is 9.59 Å². The van der Waals surface area contributed by atoms with Crippen LogP contribution in [0, 0.1) is 23.7 Å². The maximum atomic E-state index is 12.3. The van der Waals surface area contributed by atoms with Gasteiger partial charge in [0.25, 0.3) is 0 Å². The Morgan fingerprint density at radius 2 is 1.97 bits per heavy atom. The topological polar surface area (TPSA) is 82.9 Å². The molecule has 0 spiro atoms. The van der Waals surface area contributed by atoms with Crippen LogP contribution in [0.3, 0.4) is 0 Å². The minimum atomic E-state index is -0.480. The monoisotopic (exact) mass is 412 g/mol. The van der Waals surface area contributed by atoms with Crippen molar-refractivity contribution in [3.05, 3.63) is 29.8 Å². The highest BCUT2D eigenvalue weighted by atomic mass is 32.2. The molecule has 1 aromatic rings. The molecule has 2 bridgehead atoms. The molecule has 2 saturated carbocycles. The summed E-state index contributed by atoms with van der Waals surface area (Å²) in [6, 6.07) is 7.59. The van der Waals surface area contributed by atoms with Crippen LogP contribution in [0.4, 0.5) is 5.69 Å². The van der Waals surface area contributed by atoms with E-state index in [2.05, 4.69) is 41.6 Å². The van der Waals surface area contributed by atoms with E-state index in [4.69, 9.17) is 0 Å². The predicted octanol–water partition coefficient (Wildman–Crippen LogP) is 4.11. The first-order valence-electron chi connectivity index (χ1n) is 10.2. The molecule has 1 aliphatic heterocycles. The summed E-state index contributed by atoms with van der Waals surface area (Å²) in [5.41, 5.74) is 3.33. The number of rotatable bonds is 4. The van der Waals surface area contributed by atoms with E-state index < -0.39 is 5.25 Å². The van der Waals surface area contributed by atoms with Gasteiger partial charge in [-0.2, -0.15) is 5.10 Å². The Labute approximate surface area is 176 Å². The van der Waals surface area contributed by atoms with Crippen molar-refractivity contribution in [2.45, 2.75) is 58.6 Å². The summed E-state index contributed by atoms with van der Waals surface area (Å²) in [7, 11) is 0. The molecular weight excluding hydrogens is 384 g/mol. The average molecular weight is 413 g/mol. The first-order chi connectivity index (χ1) is 13.7. The number of amidine groups is 1. The zero-order valence-corrected chi connectivity index (χ0v) is 18.2. The molecule has 1 heterocycles. The lowest BCUT2D eigenvalue weighted by Gasteiger charge is -2.34. The molecule has 2 aliphatic carbocycles. The van der Waals surface area contributed by atoms with E-state index in [-0.39, 0.29) is 29.1 Å². The molecule has 7 heteroatoms. The average Bonchev–Trinajstić information content (AvgIpc) is 3.18. The molecule has 4 rings (SSSR count). The molecule has 29 heavy (non-hydrogen) atoms. The maximum absolute atomic E-state index is 12.3. The molecule has 0 unspecified atom stereocenters. The number of anilines is 1. The van der Waals surface area contributed by atoms with Gasteiger partial charge in [-0.15, -0.1) is 5.10 Å². The Hall–Kier alpha value is -2.15. The molecule has 3 fully saturated rings. The molecule has 3 aliphatic rings.